The monoisotopic (exact) mass is 231 g/mol. The fraction of sp³-hybridized carbons (Fsp3) is 0.500. The molecule has 0 aromatic carbocycles. The summed E-state index contributed by atoms with van der Waals surface area (Å²) in [6.07, 6.45) is 6.11. The van der Waals surface area contributed by atoms with Crippen molar-refractivity contribution in [3.8, 4) is 0 Å². The molecule has 0 bridgehead atoms. The Morgan fingerprint density at radius 1 is 1.35 bits per heavy atom. The van der Waals surface area contributed by atoms with Gasteiger partial charge in [0, 0.05) is 12.2 Å². The smallest absolute Gasteiger partial charge is 0.241 e. The first kappa shape index (κ1) is 10.5. The van der Waals surface area contributed by atoms with Crippen LogP contribution in [0, 0.1) is 0 Å². The van der Waals surface area contributed by atoms with Gasteiger partial charge in [0.1, 0.15) is 0 Å². The molecule has 1 aliphatic rings. The highest BCUT2D eigenvalue weighted by atomic mass is 15.3. The Hall–Kier alpha value is -1.62. The van der Waals surface area contributed by atoms with Gasteiger partial charge in [-0.25, -0.2) is 9.50 Å². The van der Waals surface area contributed by atoms with Crippen molar-refractivity contribution in [3.63, 3.8) is 0 Å². The van der Waals surface area contributed by atoms with E-state index in [9.17, 15) is 0 Å². The lowest BCUT2D eigenvalue weighted by molar-refractivity contribution is 0.263. The van der Waals surface area contributed by atoms with E-state index in [2.05, 4.69) is 27.3 Å². The van der Waals surface area contributed by atoms with Crippen molar-refractivity contribution >= 4 is 11.5 Å². The molecule has 0 radical (unpaired) electrons. The van der Waals surface area contributed by atoms with Crippen LogP contribution in [-0.2, 0) is 0 Å². The number of nitrogens with zero attached hydrogens (tertiary/aromatic N) is 4. The molecule has 0 amide bonds. The SMILES string of the molecule is CN1CCC(Nc2ncc3cccn3n2)CC1. The molecule has 0 saturated carbocycles. The molecule has 90 valence electrons. The van der Waals surface area contributed by atoms with Gasteiger partial charge in [-0.3, -0.25) is 0 Å². The van der Waals surface area contributed by atoms with E-state index in [-0.39, 0.29) is 0 Å². The maximum atomic E-state index is 4.43. The number of piperidine rings is 1. The number of rotatable bonds is 2. The minimum Gasteiger partial charge on any atom is -0.350 e. The van der Waals surface area contributed by atoms with E-state index >= 15 is 0 Å². The number of hydrogen-bond donors (Lipinski definition) is 1. The van der Waals surface area contributed by atoms with Crippen LogP contribution in [0.15, 0.2) is 24.5 Å². The van der Waals surface area contributed by atoms with E-state index in [1.165, 1.54) is 0 Å². The molecule has 3 rings (SSSR count). The number of likely N-dealkylation sites (tertiary alicyclic amines) is 1. The molecule has 2 aromatic heterocycles. The number of aromatic nitrogens is 3. The summed E-state index contributed by atoms with van der Waals surface area (Å²) in [4.78, 5) is 6.69. The summed E-state index contributed by atoms with van der Waals surface area (Å²) >= 11 is 0. The second-order valence-corrected chi connectivity index (χ2v) is 4.68. The first-order chi connectivity index (χ1) is 8.31. The van der Waals surface area contributed by atoms with Gasteiger partial charge in [0.25, 0.3) is 0 Å². The average Bonchev–Trinajstić information content (AvgIpc) is 2.79. The van der Waals surface area contributed by atoms with Gasteiger partial charge in [0.15, 0.2) is 0 Å². The predicted octanol–water partition coefficient (Wildman–Crippen LogP) is 1.24. The van der Waals surface area contributed by atoms with Crippen molar-refractivity contribution in [1.82, 2.24) is 19.5 Å². The van der Waals surface area contributed by atoms with E-state index in [1.807, 2.05) is 29.0 Å². The Labute approximate surface area is 100 Å². The topological polar surface area (TPSA) is 45.5 Å². The first-order valence-corrected chi connectivity index (χ1v) is 6.07. The molecule has 2 aromatic rings. The molecule has 1 fully saturated rings. The molecule has 1 aliphatic heterocycles. The van der Waals surface area contributed by atoms with Crippen molar-refractivity contribution in [3.05, 3.63) is 24.5 Å². The van der Waals surface area contributed by atoms with Gasteiger partial charge in [-0.2, -0.15) is 0 Å². The van der Waals surface area contributed by atoms with Crippen molar-refractivity contribution in [2.24, 2.45) is 0 Å². The van der Waals surface area contributed by atoms with Crippen molar-refractivity contribution in [2.75, 3.05) is 25.5 Å². The van der Waals surface area contributed by atoms with Crippen molar-refractivity contribution in [1.29, 1.82) is 0 Å². The summed E-state index contributed by atoms with van der Waals surface area (Å²) in [5.74, 6) is 0.725. The highest BCUT2D eigenvalue weighted by molar-refractivity contribution is 5.45. The molecule has 0 aliphatic carbocycles. The molecule has 5 nitrogen and oxygen atoms in total. The summed E-state index contributed by atoms with van der Waals surface area (Å²) in [5.41, 5.74) is 1.03. The van der Waals surface area contributed by atoms with Crippen LogP contribution in [0.25, 0.3) is 5.52 Å². The molecular formula is C12H17N5. The third-order valence-electron chi connectivity index (χ3n) is 3.33. The minimum atomic E-state index is 0.499. The van der Waals surface area contributed by atoms with E-state index in [0.29, 0.717) is 6.04 Å². The van der Waals surface area contributed by atoms with Gasteiger partial charge in [-0.05, 0) is 45.1 Å². The predicted molar refractivity (Wildman–Crippen MR) is 67.1 cm³/mol. The number of anilines is 1. The van der Waals surface area contributed by atoms with Crippen LogP contribution in [-0.4, -0.2) is 45.7 Å². The fourth-order valence-corrected chi connectivity index (χ4v) is 2.24. The molecule has 1 N–H and O–H groups in total. The Morgan fingerprint density at radius 2 is 2.18 bits per heavy atom. The maximum Gasteiger partial charge on any atom is 0.241 e. The quantitative estimate of drug-likeness (QED) is 0.844. The molecule has 0 atom stereocenters. The van der Waals surface area contributed by atoms with Crippen LogP contribution in [0.2, 0.25) is 0 Å². The van der Waals surface area contributed by atoms with Gasteiger partial charge < -0.3 is 10.2 Å². The van der Waals surface area contributed by atoms with E-state index in [0.717, 1.165) is 37.4 Å². The standard InChI is InChI=1S/C12H17N5/c1-16-7-4-10(5-8-16)14-12-13-9-11-3-2-6-17(11)15-12/h2-3,6,9-10H,4-5,7-8H2,1H3,(H,14,15). The van der Waals surface area contributed by atoms with Crippen molar-refractivity contribution in [2.45, 2.75) is 18.9 Å². The lowest BCUT2D eigenvalue weighted by atomic mass is 10.1. The lowest BCUT2D eigenvalue weighted by Crippen LogP contribution is -2.37. The summed E-state index contributed by atoms with van der Waals surface area (Å²) in [5, 5.41) is 7.84. The lowest BCUT2D eigenvalue weighted by Gasteiger charge is -2.29. The average molecular weight is 231 g/mol. The molecule has 3 heterocycles. The zero-order valence-corrected chi connectivity index (χ0v) is 10.0. The largest absolute Gasteiger partial charge is 0.350 e. The summed E-state index contributed by atoms with van der Waals surface area (Å²) < 4.78 is 1.85. The van der Waals surface area contributed by atoms with Crippen LogP contribution in [0.5, 0.6) is 0 Å². The highest BCUT2D eigenvalue weighted by Gasteiger charge is 2.17. The van der Waals surface area contributed by atoms with Crippen molar-refractivity contribution < 1.29 is 0 Å². The molecule has 17 heavy (non-hydrogen) atoms. The van der Waals surface area contributed by atoms with Crippen LogP contribution in [0.1, 0.15) is 12.8 Å². The number of fused-ring (bicyclic) bond motifs is 1. The minimum absolute atomic E-state index is 0.499. The first-order valence-electron chi connectivity index (χ1n) is 6.07. The van der Waals surface area contributed by atoms with Gasteiger partial charge in [-0.15, -0.1) is 5.10 Å². The summed E-state index contributed by atoms with van der Waals surface area (Å²) in [7, 11) is 2.17. The maximum absolute atomic E-state index is 4.43. The summed E-state index contributed by atoms with van der Waals surface area (Å²) in [6, 6.07) is 4.47. The van der Waals surface area contributed by atoms with Crippen LogP contribution in [0.3, 0.4) is 0 Å². The fourth-order valence-electron chi connectivity index (χ4n) is 2.24. The Balaban J connectivity index is 1.71. The Bertz CT molecular complexity index is 498. The molecule has 0 spiro atoms. The number of nitrogens with one attached hydrogen (secondary N) is 1. The van der Waals surface area contributed by atoms with Crippen LogP contribution in [0.4, 0.5) is 5.95 Å². The van der Waals surface area contributed by atoms with E-state index < -0.39 is 0 Å². The zero-order chi connectivity index (χ0) is 11.7. The Morgan fingerprint density at radius 3 is 3.00 bits per heavy atom. The van der Waals surface area contributed by atoms with Gasteiger partial charge >= 0.3 is 0 Å². The third kappa shape index (κ3) is 2.24. The highest BCUT2D eigenvalue weighted by Crippen LogP contribution is 2.13. The van der Waals surface area contributed by atoms with E-state index in [4.69, 9.17) is 0 Å². The normalized spacial score (nSPS) is 18.6. The molecule has 5 heteroatoms. The molecule has 1 saturated heterocycles. The summed E-state index contributed by atoms with van der Waals surface area (Å²) in [6.45, 7) is 2.28. The van der Waals surface area contributed by atoms with Gasteiger partial charge in [-0.1, -0.05) is 0 Å². The molecular weight excluding hydrogens is 214 g/mol. The zero-order valence-electron chi connectivity index (χ0n) is 10.0. The number of hydrogen-bond acceptors (Lipinski definition) is 4. The van der Waals surface area contributed by atoms with Crippen LogP contribution < -0.4 is 5.32 Å². The van der Waals surface area contributed by atoms with Crippen LogP contribution >= 0.6 is 0 Å². The Kier molecular flexibility index (Phi) is 2.68. The van der Waals surface area contributed by atoms with Gasteiger partial charge in [0.2, 0.25) is 5.95 Å². The van der Waals surface area contributed by atoms with Gasteiger partial charge in [0.05, 0.1) is 11.7 Å². The third-order valence-corrected chi connectivity index (χ3v) is 3.33. The second-order valence-electron chi connectivity index (χ2n) is 4.68. The second kappa shape index (κ2) is 4.33. The molecule has 0 unspecified atom stereocenters. The van der Waals surface area contributed by atoms with E-state index in [1.54, 1.807) is 0 Å².